The second-order valence-electron chi connectivity index (χ2n) is 4.87. The SMILES string of the molecule is BrC1CC2C(Br)C(Br)C2C2CC(Br)C12. The molecule has 0 nitrogen and oxygen atoms in total. The van der Waals surface area contributed by atoms with Crippen molar-refractivity contribution in [3.05, 3.63) is 0 Å². The molecule has 0 aromatic rings. The van der Waals surface area contributed by atoms with E-state index in [0.29, 0.717) is 4.83 Å². The number of hydrogen-bond acceptors (Lipinski definition) is 0. The summed E-state index contributed by atoms with van der Waals surface area (Å²) in [4.78, 5) is 2.95. The number of fused-ring (bicyclic) bond motifs is 3. The summed E-state index contributed by atoms with van der Waals surface area (Å²) in [5.41, 5.74) is 0. The Morgan fingerprint density at radius 3 is 1.86 bits per heavy atom. The number of hydrogen-bond donors (Lipinski definition) is 0. The molecular weight excluding hydrogens is 440 g/mol. The second-order valence-corrected chi connectivity index (χ2v) is 9.34. The molecule has 0 radical (unpaired) electrons. The van der Waals surface area contributed by atoms with Crippen molar-refractivity contribution >= 4 is 63.7 Å². The Balaban J connectivity index is 1.81. The van der Waals surface area contributed by atoms with Gasteiger partial charge in [0, 0.05) is 19.3 Å². The molecule has 0 amide bonds. The normalized spacial score (nSPS) is 66.0. The van der Waals surface area contributed by atoms with Crippen LogP contribution in [0, 0.1) is 23.7 Å². The Bertz CT molecular complexity index is 257. The van der Waals surface area contributed by atoms with Crippen molar-refractivity contribution < 1.29 is 0 Å². The van der Waals surface area contributed by atoms with E-state index in [9.17, 15) is 0 Å². The van der Waals surface area contributed by atoms with Gasteiger partial charge in [0.2, 0.25) is 0 Å². The van der Waals surface area contributed by atoms with E-state index in [1.807, 2.05) is 0 Å². The van der Waals surface area contributed by atoms with Gasteiger partial charge in [-0.25, -0.2) is 0 Å². The molecule has 3 aliphatic rings. The second kappa shape index (κ2) is 3.71. The first kappa shape index (κ1) is 11.0. The van der Waals surface area contributed by atoms with Gasteiger partial charge >= 0.3 is 0 Å². The Labute approximate surface area is 118 Å². The molecule has 0 aliphatic heterocycles. The molecule has 4 heteroatoms. The maximum Gasteiger partial charge on any atom is 0.0307 e. The van der Waals surface area contributed by atoms with E-state index in [1.54, 1.807) is 0 Å². The smallest absolute Gasteiger partial charge is 0.0307 e. The first-order valence-corrected chi connectivity index (χ1v) is 8.84. The maximum atomic E-state index is 3.87. The van der Waals surface area contributed by atoms with E-state index < -0.39 is 0 Å². The van der Waals surface area contributed by atoms with Crippen LogP contribution in [0.2, 0.25) is 0 Å². The predicted molar refractivity (Wildman–Crippen MR) is 74.1 cm³/mol. The van der Waals surface area contributed by atoms with Gasteiger partial charge in [-0.15, -0.1) is 0 Å². The summed E-state index contributed by atoms with van der Waals surface area (Å²) in [5, 5.41) is 0. The lowest BCUT2D eigenvalue weighted by molar-refractivity contribution is -0.0185. The zero-order chi connectivity index (χ0) is 10.0. The van der Waals surface area contributed by atoms with Gasteiger partial charge in [0.25, 0.3) is 0 Å². The molecule has 0 spiro atoms. The minimum Gasteiger partial charge on any atom is -0.0887 e. The third kappa shape index (κ3) is 1.32. The van der Waals surface area contributed by atoms with Crippen molar-refractivity contribution in [3.8, 4) is 0 Å². The summed E-state index contributed by atoms with van der Waals surface area (Å²) < 4.78 is 0. The number of rotatable bonds is 0. The molecule has 0 N–H and O–H groups in total. The first-order valence-electron chi connectivity index (χ1n) is 5.17. The Morgan fingerprint density at radius 2 is 1.21 bits per heavy atom. The molecule has 0 bridgehead atoms. The number of alkyl halides is 4. The standard InChI is InChI=1S/C10H12Br4/c11-5-1-3-7-4(9(13)10(7)14)2-6(12)8(3)5/h3-10H,1-2H2. The van der Waals surface area contributed by atoms with E-state index in [0.717, 1.165) is 38.2 Å². The van der Waals surface area contributed by atoms with Crippen LogP contribution in [0.3, 0.4) is 0 Å². The van der Waals surface area contributed by atoms with Crippen molar-refractivity contribution in [1.82, 2.24) is 0 Å². The summed E-state index contributed by atoms with van der Waals surface area (Å²) in [6.45, 7) is 0. The molecular formula is C10H12Br4. The molecule has 3 aliphatic carbocycles. The predicted octanol–water partition coefficient (Wildman–Crippen LogP) is 4.33. The van der Waals surface area contributed by atoms with Gasteiger partial charge in [-0.05, 0) is 36.5 Å². The fourth-order valence-corrected chi connectivity index (χ4v) is 8.46. The molecule has 0 heterocycles. The Hall–Kier alpha value is 1.92. The highest BCUT2D eigenvalue weighted by Crippen LogP contribution is 2.64. The highest BCUT2D eigenvalue weighted by molar-refractivity contribution is 9.12. The molecule has 8 atom stereocenters. The minimum atomic E-state index is 0.711. The van der Waals surface area contributed by atoms with Gasteiger partial charge in [0.1, 0.15) is 0 Å². The maximum absolute atomic E-state index is 3.87. The molecule has 0 saturated heterocycles. The van der Waals surface area contributed by atoms with Crippen LogP contribution in [-0.2, 0) is 0 Å². The molecule has 3 saturated carbocycles. The van der Waals surface area contributed by atoms with Crippen LogP contribution in [0.5, 0.6) is 0 Å². The lowest BCUT2D eigenvalue weighted by Crippen LogP contribution is -2.64. The topological polar surface area (TPSA) is 0 Å². The van der Waals surface area contributed by atoms with E-state index in [-0.39, 0.29) is 0 Å². The van der Waals surface area contributed by atoms with Crippen LogP contribution < -0.4 is 0 Å². The third-order valence-electron chi connectivity index (χ3n) is 4.39. The van der Waals surface area contributed by atoms with Gasteiger partial charge < -0.3 is 0 Å². The highest BCUT2D eigenvalue weighted by Gasteiger charge is 2.62. The van der Waals surface area contributed by atoms with Crippen molar-refractivity contribution in [3.63, 3.8) is 0 Å². The zero-order valence-corrected chi connectivity index (χ0v) is 13.9. The van der Waals surface area contributed by atoms with Crippen molar-refractivity contribution in [2.75, 3.05) is 0 Å². The Morgan fingerprint density at radius 1 is 0.643 bits per heavy atom. The monoisotopic (exact) mass is 448 g/mol. The van der Waals surface area contributed by atoms with E-state index in [1.165, 1.54) is 12.8 Å². The van der Waals surface area contributed by atoms with E-state index >= 15 is 0 Å². The van der Waals surface area contributed by atoms with Crippen LogP contribution in [-0.4, -0.2) is 19.3 Å². The first-order chi connectivity index (χ1) is 6.61. The molecule has 8 unspecified atom stereocenters. The average molecular weight is 452 g/mol. The quantitative estimate of drug-likeness (QED) is 0.481. The largest absolute Gasteiger partial charge is 0.0887 e. The van der Waals surface area contributed by atoms with Gasteiger partial charge in [-0.1, -0.05) is 63.7 Å². The van der Waals surface area contributed by atoms with E-state index in [4.69, 9.17) is 0 Å². The Kier molecular flexibility index (Phi) is 2.92. The molecule has 80 valence electrons. The van der Waals surface area contributed by atoms with Crippen LogP contribution >= 0.6 is 63.7 Å². The fraction of sp³-hybridized carbons (Fsp3) is 1.00. The summed E-state index contributed by atoms with van der Waals surface area (Å²) in [7, 11) is 0. The fourth-order valence-electron chi connectivity index (χ4n) is 3.56. The van der Waals surface area contributed by atoms with Gasteiger partial charge in [0.15, 0.2) is 0 Å². The van der Waals surface area contributed by atoms with Crippen LogP contribution in [0.1, 0.15) is 12.8 Å². The number of halogens is 4. The lowest BCUT2D eigenvalue weighted by atomic mass is 9.50. The van der Waals surface area contributed by atoms with Crippen LogP contribution in [0.25, 0.3) is 0 Å². The molecule has 3 rings (SSSR count). The molecule has 0 aromatic carbocycles. The summed E-state index contributed by atoms with van der Waals surface area (Å²) in [6.07, 6.45) is 2.74. The van der Waals surface area contributed by atoms with Gasteiger partial charge in [-0.3, -0.25) is 0 Å². The van der Waals surface area contributed by atoms with E-state index in [2.05, 4.69) is 63.7 Å². The van der Waals surface area contributed by atoms with Crippen molar-refractivity contribution in [1.29, 1.82) is 0 Å². The molecule has 0 aromatic heterocycles. The minimum absolute atomic E-state index is 0.711. The van der Waals surface area contributed by atoms with Crippen LogP contribution in [0.15, 0.2) is 0 Å². The molecule has 3 fully saturated rings. The summed E-state index contributed by atoms with van der Waals surface area (Å²) >= 11 is 15.3. The lowest BCUT2D eigenvalue weighted by Gasteiger charge is -2.63. The highest BCUT2D eigenvalue weighted by atomic mass is 79.9. The van der Waals surface area contributed by atoms with Crippen molar-refractivity contribution in [2.45, 2.75) is 32.2 Å². The van der Waals surface area contributed by atoms with Gasteiger partial charge in [0.05, 0.1) is 0 Å². The molecule has 14 heavy (non-hydrogen) atoms. The third-order valence-corrected chi connectivity index (χ3v) is 9.50. The summed E-state index contributed by atoms with van der Waals surface area (Å²) in [6, 6.07) is 0. The van der Waals surface area contributed by atoms with Gasteiger partial charge in [-0.2, -0.15) is 0 Å². The van der Waals surface area contributed by atoms with Crippen molar-refractivity contribution in [2.24, 2.45) is 23.7 Å². The van der Waals surface area contributed by atoms with Crippen LogP contribution in [0.4, 0.5) is 0 Å². The summed E-state index contributed by atoms with van der Waals surface area (Å²) in [5.74, 6) is 3.69. The average Bonchev–Trinajstić information content (AvgIpc) is 2.14. The zero-order valence-electron chi connectivity index (χ0n) is 7.54.